The lowest BCUT2D eigenvalue weighted by Crippen LogP contribution is -2.48. The van der Waals surface area contributed by atoms with Crippen molar-refractivity contribution in [1.82, 2.24) is 15.5 Å². The van der Waals surface area contributed by atoms with E-state index in [4.69, 9.17) is 5.73 Å². The molecule has 0 spiro atoms. The Balaban J connectivity index is 1.91. The third-order valence-electron chi connectivity index (χ3n) is 3.76. The Labute approximate surface area is 119 Å². The van der Waals surface area contributed by atoms with Gasteiger partial charge in [-0.1, -0.05) is 13.8 Å². The highest BCUT2D eigenvalue weighted by atomic mass is 16.2. The average Bonchev–Trinajstić information content (AvgIpc) is 2.93. The Kier molecular flexibility index (Phi) is 4.89. The van der Waals surface area contributed by atoms with Crippen LogP contribution in [0, 0.1) is 5.92 Å². The third-order valence-corrected chi connectivity index (χ3v) is 3.76. The first-order valence-corrected chi connectivity index (χ1v) is 7.17. The molecule has 6 nitrogen and oxygen atoms in total. The molecule has 0 aliphatic carbocycles. The number of rotatable bonds is 5. The van der Waals surface area contributed by atoms with Crippen molar-refractivity contribution < 1.29 is 4.79 Å². The zero-order chi connectivity index (χ0) is 14.5. The maximum Gasteiger partial charge on any atom is 0.237 e. The van der Waals surface area contributed by atoms with E-state index in [1.54, 1.807) is 6.20 Å². The number of nitrogens with one attached hydrogen (secondary N) is 1. The number of carbonyl (C=O) groups is 1. The number of amides is 1. The van der Waals surface area contributed by atoms with Crippen molar-refractivity contribution in [2.45, 2.75) is 38.8 Å². The lowest BCUT2D eigenvalue weighted by molar-refractivity contribution is -0.123. The number of hydrogen-bond donors (Lipinski definition) is 2. The second-order valence-electron chi connectivity index (χ2n) is 5.59. The van der Waals surface area contributed by atoms with Gasteiger partial charge < -0.3 is 16.0 Å². The van der Waals surface area contributed by atoms with Gasteiger partial charge in [0.05, 0.1) is 6.04 Å². The van der Waals surface area contributed by atoms with E-state index >= 15 is 0 Å². The molecule has 1 aliphatic rings. The molecule has 20 heavy (non-hydrogen) atoms. The fourth-order valence-corrected chi connectivity index (χ4v) is 2.44. The van der Waals surface area contributed by atoms with E-state index in [1.165, 1.54) is 0 Å². The van der Waals surface area contributed by atoms with Crippen LogP contribution in [0.25, 0.3) is 0 Å². The fraction of sp³-hybridized carbons (Fsp3) is 0.643. The van der Waals surface area contributed by atoms with Crippen LogP contribution in [-0.2, 0) is 4.79 Å². The molecule has 0 bridgehead atoms. The molecule has 0 saturated carbocycles. The number of hydrogen-bond acceptors (Lipinski definition) is 5. The van der Waals surface area contributed by atoms with Gasteiger partial charge in [0, 0.05) is 25.3 Å². The molecular formula is C14H23N5O. The van der Waals surface area contributed by atoms with Crippen LogP contribution in [0.5, 0.6) is 0 Å². The summed E-state index contributed by atoms with van der Waals surface area (Å²) in [6.07, 6.45) is 3.82. The zero-order valence-corrected chi connectivity index (χ0v) is 12.1. The van der Waals surface area contributed by atoms with Crippen molar-refractivity contribution in [3.63, 3.8) is 0 Å². The number of aromatic nitrogens is 2. The molecule has 2 heterocycles. The van der Waals surface area contributed by atoms with Gasteiger partial charge in [-0.3, -0.25) is 4.79 Å². The van der Waals surface area contributed by atoms with Crippen molar-refractivity contribution in [3.8, 4) is 0 Å². The van der Waals surface area contributed by atoms with Crippen molar-refractivity contribution in [2.75, 3.05) is 18.0 Å². The molecule has 1 aliphatic heterocycles. The van der Waals surface area contributed by atoms with Gasteiger partial charge in [0.2, 0.25) is 5.91 Å². The smallest absolute Gasteiger partial charge is 0.237 e. The number of nitrogens with two attached hydrogens (primary N) is 1. The van der Waals surface area contributed by atoms with Crippen molar-refractivity contribution in [3.05, 3.63) is 18.3 Å². The van der Waals surface area contributed by atoms with Gasteiger partial charge in [-0.15, -0.1) is 5.10 Å². The highest BCUT2D eigenvalue weighted by Gasteiger charge is 2.27. The van der Waals surface area contributed by atoms with Gasteiger partial charge in [-0.2, -0.15) is 5.10 Å². The Hall–Kier alpha value is -1.69. The van der Waals surface area contributed by atoms with Gasteiger partial charge in [-0.25, -0.2) is 0 Å². The first kappa shape index (κ1) is 14.7. The normalized spacial score (nSPS) is 20.2. The van der Waals surface area contributed by atoms with Crippen molar-refractivity contribution in [1.29, 1.82) is 0 Å². The van der Waals surface area contributed by atoms with E-state index in [0.29, 0.717) is 6.54 Å². The van der Waals surface area contributed by atoms with Crippen molar-refractivity contribution in [2.24, 2.45) is 11.7 Å². The monoisotopic (exact) mass is 277 g/mol. The molecule has 6 heteroatoms. The van der Waals surface area contributed by atoms with E-state index in [2.05, 4.69) is 20.4 Å². The first-order chi connectivity index (χ1) is 9.59. The Morgan fingerprint density at radius 2 is 2.40 bits per heavy atom. The molecule has 1 saturated heterocycles. The maximum absolute atomic E-state index is 11.9. The molecule has 1 amide bonds. The van der Waals surface area contributed by atoms with Gasteiger partial charge in [0.25, 0.3) is 0 Å². The Morgan fingerprint density at radius 3 is 3.05 bits per heavy atom. The molecule has 110 valence electrons. The van der Waals surface area contributed by atoms with Crippen LogP contribution in [0.3, 0.4) is 0 Å². The van der Waals surface area contributed by atoms with Crippen LogP contribution in [0.15, 0.2) is 18.3 Å². The topological polar surface area (TPSA) is 84.1 Å². The highest BCUT2D eigenvalue weighted by Crippen LogP contribution is 2.22. The summed E-state index contributed by atoms with van der Waals surface area (Å²) in [5, 5.41) is 11.0. The molecule has 0 aromatic carbocycles. The third kappa shape index (κ3) is 3.45. The van der Waals surface area contributed by atoms with Gasteiger partial charge in [-0.05, 0) is 30.9 Å². The fourth-order valence-electron chi connectivity index (χ4n) is 2.44. The first-order valence-electron chi connectivity index (χ1n) is 7.17. The van der Waals surface area contributed by atoms with Crippen LogP contribution in [0.1, 0.15) is 26.7 Å². The number of anilines is 1. The SMILES string of the molecule is CC(C)[C@H](N)C(=O)NCC1CCCN1c1cccnn1. The lowest BCUT2D eigenvalue weighted by Gasteiger charge is -2.26. The predicted octanol–water partition coefficient (Wildman–Crippen LogP) is 0.545. The van der Waals surface area contributed by atoms with Crippen LogP contribution < -0.4 is 16.0 Å². The predicted molar refractivity (Wildman–Crippen MR) is 78.2 cm³/mol. The Morgan fingerprint density at radius 1 is 1.60 bits per heavy atom. The Bertz CT molecular complexity index is 436. The van der Waals surface area contributed by atoms with Gasteiger partial charge in [0.15, 0.2) is 5.82 Å². The molecule has 2 rings (SSSR count). The summed E-state index contributed by atoms with van der Waals surface area (Å²) in [4.78, 5) is 14.1. The minimum absolute atomic E-state index is 0.0778. The van der Waals surface area contributed by atoms with Crippen LogP contribution in [0.2, 0.25) is 0 Å². The molecular weight excluding hydrogens is 254 g/mol. The number of nitrogens with zero attached hydrogens (tertiary/aromatic N) is 3. The van der Waals surface area contributed by atoms with Gasteiger partial charge >= 0.3 is 0 Å². The standard InChI is InChI=1S/C14H23N5O/c1-10(2)13(15)14(20)16-9-11-5-4-8-19(11)12-6-3-7-17-18-12/h3,6-7,10-11,13H,4-5,8-9,15H2,1-2H3,(H,16,20)/t11?,13-/m0/s1. The minimum Gasteiger partial charge on any atom is -0.353 e. The summed E-state index contributed by atoms with van der Waals surface area (Å²) in [7, 11) is 0. The lowest BCUT2D eigenvalue weighted by atomic mass is 10.0. The average molecular weight is 277 g/mol. The van der Waals surface area contributed by atoms with Crippen LogP contribution in [-0.4, -0.2) is 41.3 Å². The van der Waals surface area contributed by atoms with E-state index in [-0.39, 0.29) is 17.9 Å². The molecule has 1 aromatic rings. The molecule has 3 N–H and O–H groups in total. The quantitative estimate of drug-likeness (QED) is 0.821. The van der Waals surface area contributed by atoms with E-state index in [0.717, 1.165) is 25.2 Å². The summed E-state index contributed by atoms with van der Waals surface area (Å²) in [6.45, 7) is 5.46. The molecule has 0 radical (unpaired) electrons. The maximum atomic E-state index is 11.9. The number of carbonyl (C=O) groups excluding carboxylic acids is 1. The second kappa shape index (κ2) is 6.65. The summed E-state index contributed by atoms with van der Waals surface area (Å²) in [5.41, 5.74) is 5.84. The molecule has 1 fully saturated rings. The van der Waals surface area contributed by atoms with E-state index in [9.17, 15) is 4.79 Å². The van der Waals surface area contributed by atoms with Crippen molar-refractivity contribution >= 4 is 11.7 Å². The summed E-state index contributed by atoms with van der Waals surface area (Å²) < 4.78 is 0. The minimum atomic E-state index is -0.443. The largest absolute Gasteiger partial charge is 0.353 e. The molecule has 1 aromatic heterocycles. The second-order valence-corrected chi connectivity index (χ2v) is 5.59. The summed E-state index contributed by atoms with van der Waals surface area (Å²) in [6, 6.07) is 3.66. The highest BCUT2D eigenvalue weighted by molar-refractivity contribution is 5.81. The molecule has 1 unspecified atom stereocenters. The van der Waals surface area contributed by atoms with Crippen LogP contribution >= 0.6 is 0 Å². The molecule has 2 atom stereocenters. The summed E-state index contributed by atoms with van der Waals surface area (Å²) in [5.74, 6) is 0.943. The van der Waals surface area contributed by atoms with Crippen LogP contribution in [0.4, 0.5) is 5.82 Å². The van der Waals surface area contributed by atoms with Gasteiger partial charge in [0.1, 0.15) is 0 Å². The zero-order valence-electron chi connectivity index (χ0n) is 12.1. The van der Waals surface area contributed by atoms with E-state index < -0.39 is 6.04 Å². The van der Waals surface area contributed by atoms with E-state index in [1.807, 2.05) is 26.0 Å². The summed E-state index contributed by atoms with van der Waals surface area (Å²) >= 11 is 0.